The Balaban J connectivity index is 1.99. The van der Waals surface area contributed by atoms with Gasteiger partial charge in [0.2, 0.25) is 4.80 Å². The zero-order valence-electron chi connectivity index (χ0n) is 18.3. The highest BCUT2D eigenvalue weighted by Crippen LogP contribution is 2.23. The summed E-state index contributed by atoms with van der Waals surface area (Å²) in [5.41, 5.74) is 4.03. The topological polar surface area (TPSA) is 51.4 Å². The van der Waals surface area contributed by atoms with Crippen LogP contribution in [-0.2, 0) is 0 Å². The minimum Gasteiger partial charge on any atom is -0.269 e. The molecule has 0 aliphatic carbocycles. The van der Waals surface area contributed by atoms with Crippen molar-refractivity contribution in [3.05, 3.63) is 117 Å². The van der Waals surface area contributed by atoms with Crippen molar-refractivity contribution in [1.82, 2.24) is 4.57 Å². The van der Waals surface area contributed by atoms with E-state index in [1.807, 2.05) is 73.7 Å². The quantitative estimate of drug-likeness (QED) is 0.406. The SMILES string of the molecule is Cc1ccc(C(=O)/N=c2\sc(-c3ccccc3)cc(=O)n2-c2ccccc2C(C)C)cc1. The Bertz CT molecular complexity index is 1380. The fraction of sp³-hybridized carbons (Fsp3) is 0.148. The van der Waals surface area contributed by atoms with Crippen molar-refractivity contribution in [3.63, 3.8) is 0 Å². The first-order valence-electron chi connectivity index (χ1n) is 10.5. The van der Waals surface area contributed by atoms with Crippen LogP contribution in [0.25, 0.3) is 16.1 Å². The number of hydrogen-bond donors (Lipinski definition) is 0. The van der Waals surface area contributed by atoms with Gasteiger partial charge in [0.05, 0.1) is 5.69 Å². The highest BCUT2D eigenvalue weighted by Gasteiger charge is 2.14. The molecule has 1 aromatic heterocycles. The third-order valence-electron chi connectivity index (χ3n) is 5.22. The van der Waals surface area contributed by atoms with Crippen LogP contribution in [0.2, 0.25) is 0 Å². The number of rotatable bonds is 4. The van der Waals surface area contributed by atoms with Gasteiger partial charge < -0.3 is 0 Å². The molecule has 0 bridgehead atoms. The van der Waals surface area contributed by atoms with E-state index in [0.717, 1.165) is 27.3 Å². The molecule has 0 spiro atoms. The number of aromatic nitrogens is 1. The van der Waals surface area contributed by atoms with Gasteiger partial charge in [-0.1, -0.05) is 91.4 Å². The van der Waals surface area contributed by atoms with E-state index in [0.29, 0.717) is 10.4 Å². The summed E-state index contributed by atoms with van der Waals surface area (Å²) in [6.07, 6.45) is 0. The van der Waals surface area contributed by atoms with Crippen LogP contribution in [0, 0.1) is 6.92 Å². The lowest BCUT2D eigenvalue weighted by Gasteiger charge is -2.15. The molecule has 4 nitrogen and oxygen atoms in total. The first-order valence-corrected chi connectivity index (χ1v) is 11.3. The highest BCUT2D eigenvalue weighted by atomic mass is 32.1. The fourth-order valence-electron chi connectivity index (χ4n) is 3.51. The predicted molar refractivity (Wildman–Crippen MR) is 131 cm³/mol. The van der Waals surface area contributed by atoms with Crippen LogP contribution in [0.5, 0.6) is 0 Å². The molecule has 160 valence electrons. The van der Waals surface area contributed by atoms with Crippen molar-refractivity contribution in [1.29, 1.82) is 0 Å². The molecule has 0 atom stereocenters. The lowest BCUT2D eigenvalue weighted by atomic mass is 10.0. The van der Waals surface area contributed by atoms with Gasteiger partial charge in [0.15, 0.2) is 0 Å². The van der Waals surface area contributed by atoms with E-state index in [1.54, 1.807) is 22.8 Å². The average Bonchev–Trinajstić information content (AvgIpc) is 2.80. The predicted octanol–water partition coefficient (Wildman–Crippen LogP) is 5.74. The van der Waals surface area contributed by atoms with Crippen LogP contribution in [0.4, 0.5) is 0 Å². The van der Waals surface area contributed by atoms with Crippen molar-refractivity contribution in [2.24, 2.45) is 4.99 Å². The van der Waals surface area contributed by atoms with E-state index >= 15 is 0 Å². The maximum absolute atomic E-state index is 13.4. The summed E-state index contributed by atoms with van der Waals surface area (Å²) in [6.45, 7) is 6.14. The number of hydrogen-bond acceptors (Lipinski definition) is 3. The lowest BCUT2D eigenvalue weighted by Crippen LogP contribution is -2.31. The molecule has 1 heterocycles. The Labute approximate surface area is 191 Å². The van der Waals surface area contributed by atoms with Gasteiger partial charge in [0, 0.05) is 16.5 Å². The molecule has 0 aliphatic rings. The lowest BCUT2D eigenvalue weighted by molar-refractivity contribution is 0.0998. The Morgan fingerprint density at radius 3 is 2.25 bits per heavy atom. The molecule has 0 radical (unpaired) electrons. The number of aryl methyl sites for hydroxylation is 1. The van der Waals surface area contributed by atoms with E-state index in [9.17, 15) is 9.59 Å². The normalized spacial score (nSPS) is 11.7. The second-order valence-electron chi connectivity index (χ2n) is 7.93. The Hall–Kier alpha value is -3.57. The van der Waals surface area contributed by atoms with Crippen molar-refractivity contribution in [2.45, 2.75) is 26.7 Å². The molecule has 5 heteroatoms. The van der Waals surface area contributed by atoms with Crippen LogP contribution < -0.4 is 10.4 Å². The van der Waals surface area contributed by atoms with E-state index in [1.165, 1.54) is 11.3 Å². The fourth-order valence-corrected chi connectivity index (χ4v) is 4.53. The van der Waals surface area contributed by atoms with Gasteiger partial charge in [0.25, 0.3) is 11.5 Å². The third-order valence-corrected chi connectivity index (χ3v) is 6.25. The van der Waals surface area contributed by atoms with Gasteiger partial charge in [-0.15, -0.1) is 0 Å². The molecule has 0 N–H and O–H groups in total. The molecule has 4 aromatic rings. The summed E-state index contributed by atoms with van der Waals surface area (Å²) in [4.78, 5) is 31.9. The molecular formula is C27H24N2O2S. The van der Waals surface area contributed by atoms with Gasteiger partial charge in [-0.3, -0.25) is 14.2 Å². The van der Waals surface area contributed by atoms with Gasteiger partial charge in [-0.25, -0.2) is 0 Å². The maximum atomic E-state index is 13.4. The number of benzene rings is 3. The van der Waals surface area contributed by atoms with Crippen molar-refractivity contribution in [2.75, 3.05) is 0 Å². The number of carbonyl (C=O) groups is 1. The summed E-state index contributed by atoms with van der Waals surface area (Å²) in [6, 6.07) is 26.4. The number of nitrogens with zero attached hydrogens (tertiary/aromatic N) is 2. The standard InChI is InChI=1S/C27H24N2O2S/c1-18(2)22-11-7-8-12-23(22)29-25(30)17-24(20-9-5-4-6-10-20)32-27(29)28-26(31)21-15-13-19(3)14-16-21/h4-18H,1-3H3/b28-27-. The van der Waals surface area contributed by atoms with Gasteiger partial charge in [-0.2, -0.15) is 4.99 Å². The average molecular weight is 441 g/mol. The highest BCUT2D eigenvalue weighted by molar-refractivity contribution is 7.12. The number of amides is 1. The number of para-hydroxylation sites is 1. The van der Waals surface area contributed by atoms with E-state index in [2.05, 4.69) is 18.8 Å². The molecule has 0 fully saturated rings. The van der Waals surface area contributed by atoms with Gasteiger partial charge >= 0.3 is 0 Å². The Morgan fingerprint density at radius 2 is 1.56 bits per heavy atom. The molecule has 0 saturated carbocycles. The van der Waals surface area contributed by atoms with E-state index < -0.39 is 0 Å². The van der Waals surface area contributed by atoms with Crippen LogP contribution in [0.3, 0.4) is 0 Å². The van der Waals surface area contributed by atoms with Crippen molar-refractivity contribution >= 4 is 17.2 Å². The smallest absolute Gasteiger partial charge is 0.269 e. The van der Waals surface area contributed by atoms with Gasteiger partial charge in [0.1, 0.15) is 0 Å². The van der Waals surface area contributed by atoms with Crippen LogP contribution in [0.15, 0.2) is 94.7 Å². The zero-order valence-corrected chi connectivity index (χ0v) is 19.1. The monoisotopic (exact) mass is 440 g/mol. The molecular weight excluding hydrogens is 416 g/mol. The summed E-state index contributed by atoms with van der Waals surface area (Å²) >= 11 is 1.33. The molecule has 32 heavy (non-hydrogen) atoms. The molecule has 4 rings (SSSR count). The van der Waals surface area contributed by atoms with Crippen LogP contribution in [0.1, 0.15) is 41.3 Å². The van der Waals surface area contributed by atoms with Crippen LogP contribution >= 0.6 is 11.3 Å². The summed E-state index contributed by atoms with van der Waals surface area (Å²) < 4.78 is 1.55. The molecule has 3 aromatic carbocycles. The second-order valence-corrected chi connectivity index (χ2v) is 8.94. The minimum absolute atomic E-state index is 0.206. The number of carbonyl (C=O) groups excluding carboxylic acids is 1. The Morgan fingerprint density at radius 1 is 0.906 bits per heavy atom. The van der Waals surface area contributed by atoms with Crippen molar-refractivity contribution < 1.29 is 4.79 Å². The minimum atomic E-state index is -0.373. The summed E-state index contributed by atoms with van der Waals surface area (Å²) in [7, 11) is 0. The second kappa shape index (κ2) is 9.28. The molecule has 0 unspecified atom stereocenters. The first-order chi connectivity index (χ1) is 15.4. The van der Waals surface area contributed by atoms with Crippen molar-refractivity contribution in [3.8, 4) is 16.1 Å². The van der Waals surface area contributed by atoms with Gasteiger partial charge in [-0.05, 0) is 42.2 Å². The molecule has 0 aliphatic heterocycles. The summed E-state index contributed by atoms with van der Waals surface area (Å²) in [5, 5.41) is 0. The third kappa shape index (κ3) is 4.53. The van der Waals surface area contributed by atoms with Crippen LogP contribution in [-0.4, -0.2) is 10.5 Å². The molecule has 1 amide bonds. The summed E-state index contributed by atoms with van der Waals surface area (Å²) in [5.74, 6) is -0.167. The van der Waals surface area contributed by atoms with E-state index in [4.69, 9.17) is 0 Å². The molecule has 0 saturated heterocycles. The van der Waals surface area contributed by atoms with E-state index in [-0.39, 0.29) is 17.4 Å². The largest absolute Gasteiger partial charge is 0.279 e. The maximum Gasteiger partial charge on any atom is 0.279 e. The Kier molecular flexibility index (Phi) is 6.28. The first kappa shape index (κ1) is 21.7. The zero-order chi connectivity index (χ0) is 22.7.